The van der Waals surface area contributed by atoms with Crippen molar-refractivity contribution in [2.75, 3.05) is 6.54 Å². The lowest BCUT2D eigenvalue weighted by atomic mass is 10.3. The van der Waals surface area contributed by atoms with Crippen molar-refractivity contribution in [1.82, 2.24) is 16.2 Å². The van der Waals surface area contributed by atoms with Gasteiger partial charge in [0.15, 0.2) is 11.2 Å². The molecule has 0 aliphatic rings. The Labute approximate surface area is 126 Å². The van der Waals surface area contributed by atoms with Crippen molar-refractivity contribution in [3.05, 3.63) is 29.0 Å². The first kappa shape index (κ1) is 16.5. The topological polar surface area (TPSA) is 62.4 Å². The molecule has 1 aromatic carbocycles. The summed E-state index contributed by atoms with van der Waals surface area (Å²) in [5.74, 6) is -0.687. The third-order valence-electron chi connectivity index (χ3n) is 2.20. The van der Waals surface area contributed by atoms with Gasteiger partial charge in [-0.05, 0) is 44.3 Å². The summed E-state index contributed by atoms with van der Waals surface area (Å²) in [4.78, 5) is 11.7. The van der Waals surface area contributed by atoms with Crippen molar-refractivity contribution < 1.29 is 13.9 Å². The predicted molar refractivity (Wildman–Crippen MR) is 79.1 cm³/mol. The Morgan fingerprint density at radius 3 is 2.80 bits per heavy atom. The number of carbonyl (C=O) groups excluding carboxylic acids is 1. The molecule has 1 rings (SSSR count). The van der Waals surface area contributed by atoms with Crippen molar-refractivity contribution in [2.24, 2.45) is 0 Å². The first-order chi connectivity index (χ1) is 9.43. The molecule has 0 fully saturated rings. The van der Waals surface area contributed by atoms with Crippen LogP contribution < -0.4 is 20.9 Å². The fourth-order valence-corrected chi connectivity index (χ4v) is 1.65. The molecule has 5 nitrogen and oxygen atoms in total. The van der Waals surface area contributed by atoms with E-state index >= 15 is 0 Å². The third-order valence-corrected chi connectivity index (χ3v) is 2.75. The zero-order valence-corrected chi connectivity index (χ0v) is 12.6. The maximum absolute atomic E-state index is 12.9. The summed E-state index contributed by atoms with van der Waals surface area (Å²) in [6.45, 7) is 4.05. The van der Waals surface area contributed by atoms with Crippen LogP contribution >= 0.6 is 23.8 Å². The number of amides is 1. The highest BCUT2D eigenvalue weighted by Crippen LogP contribution is 2.25. The van der Waals surface area contributed by atoms with Gasteiger partial charge < -0.3 is 10.1 Å². The Kier molecular flexibility index (Phi) is 6.47. The quantitative estimate of drug-likeness (QED) is 0.583. The number of hydrogen-bond acceptors (Lipinski definition) is 3. The molecule has 0 saturated carbocycles. The molecule has 0 bridgehead atoms. The van der Waals surface area contributed by atoms with Crippen LogP contribution in [0, 0.1) is 5.82 Å². The molecule has 110 valence electrons. The smallest absolute Gasteiger partial charge is 0.279 e. The van der Waals surface area contributed by atoms with E-state index in [9.17, 15) is 9.18 Å². The standard InChI is InChI=1S/C12H15ClFN3O2S/c1-3-15-12(20)17-16-11(18)7(2)19-10-5-4-8(14)6-9(10)13/h4-7H,3H2,1-2H3,(H,16,18)(H2,15,17,20)/t7-/m0/s1. The average Bonchev–Trinajstić information content (AvgIpc) is 2.39. The van der Waals surface area contributed by atoms with Crippen LogP contribution in [-0.4, -0.2) is 23.7 Å². The van der Waals surface area contributed by atoms with E-state index in [0.29, 0.717) is 11.7 Å². The number of hydrazine groups is 1. The molecular weight excluding hydrogens is 305 g/mol. The SMILES string of the molecule is CCNC(=S)NNC(=O)[C@H](C)Oc1ccc(F)cc1Cl. The van der Waals surface area contributed by atoms with Crippen molar-refractivity contribution >= 4 is 34.8 Å². The molecule has 0 aliphatic heterocycles. The minimum absolute atomic E-state index is 0.0979. The molecule has 8 heteroatoms. The molecule has 3 N–H and O–H groups in total. The van der Waals surface area contributed by atoms with Gasteiger partial charge in [0.25, 0.3) is 5.91 Å². The van der Waals surface area contributed by atoms with Gasteiger partial charge in [0.2, 0.25) is 0 Å². The van der Waals surface area contributed by atoms with E-state index in [1.54, 1.807) is 0 Å². The van der Waals surface area contributed by atoms with Crippen molar-refractivity contribution in [2.45, 2.75) is 20.0 Å². The van der Waals surface area contributed by atoms with Gasteiger partial charge in [-0.1, -0.05) is 11.6 Å². The van der Waals surface area contributed by atoms with Gasteiger partial charge in [0.05, 0.1) is 5.02 Å². The van der Waals surface area contributed by atoms with E-state index in [2.05, 4.69) is 16.2 Å². The van der Waals surface area contributed by atoms with Gasteiger partial charge in [-0.15, -0.1) is 0 Å². The van der Waals surface area contributed by atoms with Crippen LogP contribution in [0.5, 0.6) is 5.75 Å². The summed E-state index contributed by atoms with van der Waals surface area (Å²) in [5.41, 5.74) is 4.90. The molecule has 1 amide bonds. The minimum Gasteiger partial charge on any atom is -0.479 e. The molecule has 0 unspecified atom stereocenters. The molecular formula is C12H15ClFN3O2S. The van der Waals surface area contributed by atoms with Crippen LogP contribution in [0.2, 0.25) is 5.02 Å². The van der Waals surface area contributed by atoms with E-state index in [1.807, 2.05) is 6.92 Å². The van der Waals surface area contributed by atoms with Gasteiger partial charge in [-0.3, -0.25) is 15.6 Å². The van der Waals surface area contributed by atoms with Gasteiger partial charge in [0.1, 0.15) is 11.6 Å². The summed E-state index contributed by atoms with van der Waals surface area (Å²) >= 11 is 10.7. The van der Waals surface area contributed by atoms with Crippen LogP contribution in [0.3, 0.4) is 0 Å². The highest BCUT2D eigenvalue weighted by atomic mass is 35.5. The predicted octanol–water partition coefficient (Wildman–Crippen LogP) is 1.76. The van der Waals surface area contributed by atoms with Crippen LogP contribution in [0.25, 0.3) is 0 Å². The van der Waals surface area contributed by atoms with E-state index in [4.69, 9.17) is 28.6 Å². The summed E-state index contributed by atoms with van der Waals surface area (Å²) < 4.78 is 18.2. The Bertz CT molecular complexity index is 502. The number of rotatable bonds is 4. The van der Waals surface area contributed by atoms with Gasteiger partial charge in [-0.2, -0.15) is 0 Å². The van der Waals surface area contributed by atoms with Crippen molar-refractivity contribution in [1.29, 1.82) is 0 Å². The Hall–Kier alpha value is -1.60. The average molecular weight is 320 g/mol. The number of halogens is 2. The van der Waals surface area contributed by atoms with E-state index in [1.165, 1.54) is 19.1 Å². The van der Waals surface area contributed by atoms with Crippen molar-refractivity contribution in [3.8, 4) is 5.75 Å². The molecule has 0 saturated heterocycles. The number of benzene rings is 1. The number of carbonyl (C=O) groups is 1. The molecule has 0 heterocycles. The Balaban J connectivity index is 2.51. The van der Waals surface area contributed by atoms with E-state index in [-0.39, 0.29) is 10.8 Å². The molecule has 20 heavy (non-hydrogen) atoms. The van der Waals surface area contributed by atoms with E-state index in [0.717, 1.165) is 6.07 Å². The monoisotopic (exact) mass is 319 g/mol. The van der Waals surface area contributed by atoms with Crippen molar-refractivity contribution in [3.63, 3.8) is 0 Å². The van der Waals surface area contributed by atoms with E-state index < -0.39 is 17.8 Å². The minimum atomic E-state index is -0.824. The molecule has 0 aromatic heterocycles. The van der Waals surface area contributed by atoms with Gasteiger partial charge in [-0.25, -0.2) is 4.39 Å². The second-order valence-corrected chi connectivity index (χ2v) is 4.62. The molecule has 0 aliphatic carbocycles. The largest absolute Gasteiger partial charge is 0.479 e. The highest BCUT2D eigenvalue weighted by Gasteiger charge is 2.16. The Morgan fingerprint density at radius 1 is 1.50 bits per heavy atom. The number of hydrogen-bond donors (Lipinski definition) is 3. The fraction of sp³-hybridized carbons (Fsp3) is 0.333. The second-order valence-electron chi connectivity index (χ2n) is 3.81. The maximum atomic E-state index is 12.9. The number of ether oxygens (including phenoxy) is 1. The summed E-state index contributed by atoms with van der Waals surface area (Å²) in [6.07, 6.45) is -0.824. The summed E-state index contributed by atoms with van der Waals surface area (Å²) in [6, 6.07) is 3.67. The first-order valence-electron chi connectivity index (χ1n) is 5.89. The zero-order chi connectivity index (χ0) is 15.1. The van der Waals surface area contributed by atoms with Crippen LogP contribution in [-0.2, 0) is 4.79 Å². The Morgan fingerprint density at radius 2 is 2.20 bits per heavy atom. The lowest BCUT2D eigenvalue weighted by Gasteiger charge is -2.16. The summed E-state index contributed by atoms with van der Waals surface area (Å²) in [7, 11) is 0. The van der Waals surface area contributed by atoms with Gasteiger partial charge >= 0.3 is 0 Å². The van der Waals surface area contributed by atoms with Gasteiger partial charge in [0, 0.05) is 6.54 Å². The molecule has 0 spiro atoms. The number of nitrogens with one attached hydrogen (secondary N) is 3. The summed E-state index contributed by atoms with van der Waals surface area (Å²) in [5, 5.41) is 3.20. The van der Waals surface area contributed by atoms with Crippen LogP contribution in [0.4, 0.5) is 4.39 Å². The highest BCUT2D eigenvalue weighted by molar-refractivity contribution is 7.80. The first-order valence-corrected chi connectivity index (χ1v) is 6.68. The normalized spacial score (nSPS) is 11.4. The molecule has 0 radical (unpaired) electrons. The second kappa shape index (κ2) is 7.86. The maximum Gasteiger partial charge on any atom is 0.279 e. The zero-order valence-electron chi connectivity index (χ0n) is 11.0. The lowest BCUT2D eigenvalue weighted by molar-refractivity contribution is -0.127. The fourth-order valence-electron chi connectivity index (χ4n) is 1.24. The number of thiocarbonyl (C=S) groups is 1. The molecule has 1 atom stereocenters. The molecule has 1 aromatic rings. The van der Waals surface area contributed by atoms with Crippen LogP contribution in [0.1, 0.15) is 13.8 Å². The van der Waals surface area contributed by atoms with Crippen LogP contribution in [0.15, 0.2) is 18.2 Å². The third kappa shape index (κ3) is 5.18. The lowest BCUT2D eigenvalue weighted by Crippen LogP contribution is -2.50.